The van der Waals surface area contributed by atoms with Crippen molar-refractivity contribution in [2.24, 2.45) is 0 Å². The summed E-state index contributed by atoms with van der Waals surface area (Å²) < 4.78 is 7.60. The predicted octanol–water partition coefficient (Wildman–Crippen LogP) is 2.27. The second-order valence-electron chi connectivity index (χ2n) is 3.03. The van der Waals surface area contributed by atoms with E-state index in [1.54, 1.807) is 10.9 Å². The summed E-state index contributed by atoms with van der Waals surface area (Å²) in [6.45, 7) is 5.68. The number of carbonyl (C=O) groups excluding carboxylic acids is 1. The van der Waals surface area contributed by atoms with E-state index >= 15 is 0 Å². The van der Waals surface area contributed by atoms with Crippen molar-refractivity contribution in [3.63, 3.8) is 0 Å². The average Bonchev–Trinajstić information content (AvgIpc) is 2.59. The van der Waals surface area contributed by atoms with Crippen LogP contribution in [0.5, 0.6) is 0 Å². The maximum Gasteiger partial charge on any atom is 0.184 e. The van der Waals surface area contributed by atoms with Crippen molar-refractivity contribution in [2.75, 3.05) is 13.2 Å². The van der Waals surface area contributed by atoms with E-state index in [2.05, 4.69) is 21.0 Å². The van der Waals surface area contributed by atoms with E-state index in [9.17, 15) is 4.79 Å². The molecular weight excluding hydrogens is 260 g/mol. The zero-order valence-corrected chi connectivity index (χ0v) is 10.6. The first-order valence-electron chi connectivity index (χ1n) is 5.02. The molecule has 0 saturated heterocycles. The molecule has 1 aromatic heterocycles. The second kappa shape index (κ2) is 6.02. The maximum atomic E-state index is 11.8. The number of nitrogens with zero attached hydrogens (tertiary/aromatic N) is 2. The van der Waals surface area contributed by atoms with Gasteiger partial charge in [-0.2, -0.15) is 5.10 Å². The van der Waals surface area contributed by atoms with Gasteiger partial charge in [0.05, 0.1) is 17.3 Å². The highest BCUT2D eigenvalue weighted by Gasteiger charge is 2.15. The van der Waals surface area contributed by atoms with Crippen LogP contribution in [0, 0.1) is 0 Å². The molecule has 0 fully saturated rings. The van der Waals surface area contributed by atoms with Crippen LogP contribution in [0.1, 0.15) is 30.8 Å². The lowest BCUT2D eigenvalue weighted by Crippen LogP contribution is -2.12. The highest BCUT2D eigenvalue weighted by molar-refractivity contribution is 9.10. The number of Topliss-reactive ketones (excluding diaryl/α,β-unsaturated/α-hetero) is 1. The second-order valence-corrected chi connectivity index (χ2v) is 3.88. The maximum absolute atomic E-state index is 11.8. The van der Waals surface area contributed by atoms with Crippen LogP contribution in [0.15, 0.2) is 10.7 Å². The Morgan fingerprint density at radius 2 is 2.33 bits per heavy atom. The van der Waals surface area contributed by atoms with Crippen molar-refractivity contribution in [1.29, 1.82) is 0 Å². The molecule has 0 radical (unpaired) electrons. The minimum atomic E-state index is 0.0645. The summed E-state index contributed by atoms with van der Waals surface area (Å²) in [5.74, 6) is 0.0645. The molecule has 1 rings (SSSR count). The molecule has 0 bridgehead atoms. The molecule has 0 saturated carbocycles. The Morgan fingerprint density at radius 1 is 1.60 bits per heavy atom. The minimum absolute atomic E-state index is 0.0645. The van der Waals surface area contributed by atoms with Crippen LogP contribution < -0.4 is 0 Å². The molecule has 1 aromatic rings. The molecule has 0 N–H and O–H groups in total. The van der Waals surface area contributed by atoms with E-state index < -0.39 is 0 Å². The number of rotatable bonds is 6. The summed E-state index contributed by atoms with van der Waals surface area (Å²) in [6.07, 6.45) is 2.05. The number of carbonyl (C=O) groups is 1. The van der Waals surface area contributed by atoms with Gasteiger partial charge in [-0.25, -0.2) is 0 Å². The number of aromatic nitrogens is 2. The molecule has 4 nitrogen and oxygen atoms in total. The van der Waals surface area contributed by atoms with Crippen molar-refractivity contribution in [3.05, 3.63) is 16.4 Å². The van der Waals surface area contributed by atoms with Gasteiger partial charge in [0.25, 0.3) is 0 Å². The van der Waals surface area contributed by atoms with E-state index in [1.807, 2.05) is 13.8 Å². The van der Waals surface area contributed by atoms with Crippen LogP contribution in [-0.2, 0) is 11.3 Å². The smallest absolute Gasteiger partial charge is 0.184 e. The van der Waals surface area contributed by atoms with Crippen molar-refractivity contribution in [2.45, 2.75) is 26.8 Å². The zero-order valence-electron chi connectivity index (χ0n) is 8.99. The summed E-state index contributed by atoms with van der Waals surface area (Å²) in [7, 11) is 0. The van der Waals surface area contributed by atoms with E-state index in [4.69, 9.17) is 4.74 Å². The Balaban J connectivity index is 2.67. The minimum Gasteiger partial charge on any atom is -0.381 e. The first-order chi connectivity index (χ1) is 7.20. The molecule has 0 atom stereocenters. The molecule has 84 valence electrons. The first-order valence-corrected chi connectivity index (χ1v) is 5.82. The molecular formula is C10H15BrN2O2. The quantitative estimate of drug-likeness (QED) is 0.591. The summed E-state index contributed by atoms with van der Waals surface area (Å²) in [5, 5.41) is 4.09. The number of halogens is 1. The third kappa shape index (κ3) is 3.14. The average molecular weight is 275 g/mol. The molecule has 0 aliphatic carbocycles. The van der Waals surface area contributed by atoms with Crippen LogP contribution in [0.2, 0.25) is 0 Å². The normalized spacial score (nSPS) is 10.6. The lowest BCUT2D eigenvalue weighted by Gasteiger charge is -2.04. The van der Waals surface area contributed by atoms with Crippen molar-refractivity contribution >= 4 is 21.7 Å². The third-order valence-corrected chi connectivity index (χ3v) is 2.62. The van der Waals surface area contributed by atoms with E-state index in [-0.39, 0.29) is 5.78 Å². The van der Waals surface area contributed by atoms with Gasteiger partial charge < -0.3 is 4.74 Å². The van der Waals surface area contributed by atoms with Crippen LogP contribution in [0.25, 0.3) is 0 Å². The molecule has 0 unspecified atom stereocenters. The lowest BCUT2D eigenvalue weighted by molar-refractivity contribution is 0.0885. The summed E-state index contributed by atoms with van der Waals surface area (Å²) in [4.78, 5) is 11.8. The Kier molecular flexibility index (Phi) is 4.98. The van der Waals surface area contributed by atoms with Gasteiger partial charge in [-0.05, 0) is 29.8 Å². The number of ether oxygens (including phenoxy) is 1. The molecule has 0 aliphatic rings. The zero-order chi connectivity index (χ0) is 11.3. The van der Waals surface area contributed by atoms with Crippen LogP contribution in [0.4, 0.5) is 0 Å². The molecule has 0 amide bonds. The Labute approximate surface area is 97.7 Å². The number of hydrogen-bond donors (Lipinski definition) is 0. The molecule has 0 aliphatic heterocycles. The first kappa shape index (κ1) is 12.4. The lowest BCUT2D eigenvalue weighted by atomic mass is 10.2. The largest absolute Gasteiger partial charge is 0.381 e. The molecule has 5 heteroatoms. The van der Waals surface area contributed by atoms with Crippen LogP contribution >= 0.6 is 15.9 Å². The predicted molar refractivity (Wildman–Crippen MR) is 61.0 cm³/mol. The number of aryl methyl sites for hydroxylation is 1. The molecule has 0 aromatic carbocycles. The van der Waals surface area contributed by atoms with Crippen molar-refractivity contribution in [3.8, 4) is 0 Å². The topological polar surface area (TPSA) is 44.1 Å². The van der Waals surface area contributed by atoms with Gasteiger partial charge in [0.2, 0.25) is 0 Å². The summed E-state index contributed by atoms with van der Waals surface area (Å²) >= 11 is 3.32. The Hall–Kier alpha value is -0.680. The molecule has 15 heavy (non-hydrogen) atoms. The van der Waals surface area contributed by atoms with E-state index in [1.165, 1.54) is 0 Å². The summed E-state index contributed by atoms with van der Waals surface area (Å²) in [5.41, 5.74) is 0.636. The fourth-order valence-corrected chi connectivity index (χ4v) is 1.82. The monoisotopic (exact) mass is 274 g/mol. The fourth-order valence-electron chi connectivity index (χ4n) is 1.31. The van der Waals surface area contributed by atoms with Gasteiger partial charge in [0, 0.05) is 19.6 Å². The third-order valence-electron chi connectivity index (χ3n) is 2.04. The fraction of sp³-hybridized carbons (Fsp3) is 0.600. The highest BCUT2D eigenvalue weighted by Crippen LogP contribution is 2.17. The SMILES string of the molecule is CCOCCC(=O)c1c(Br)cnn1CC. The van der Waals surface area contributed by atoms with Gasteiger partial charge in [0.15, 0.2) is 5.78 Å². The number of hydrogen-bond acceptors (Lipinski definition) is 3. The number of ketones is 1. The van der Waals surface area contributed by atoms with Crippen molar-refractivity contribution in [1.82, 2.24) is 9.78 Å². The highest BCUT2D eigenvalue weighted by atomic mass is 79.9. The van der Waals surface area contributed by atoms with E-state index in [0.29, 0.717) is 31.9 Å². The van der Waals surface area contributed by atoms with Crippen LogP contribution in [0.3, 0.4) is 0 Å². The standard InChI is InChI=1S/C10H15BrN2O2/c1-3-13-10(8(11)7-12-13)9(14)5-6-15-4-2/h7H,3-6H2,1-2H3. The van der Waals surface area contributed by atoms with Crippen molar-refractivity contribution < 1.29 is 9.53 Å². The Morgan fingerprint density at radius 3 is 2.93 bits per heavy atom. The van der Waals surface area contributed by atoms with Gasteiger partial charge in [-0.3, -0.25) is 9.48 Å². The summed E-state index contributed by atoms with van der Waals surface area (Å²) in [6, 6.07) is 0. The van der Waals surface area contributed by atoms with Gasteiger partial charge in [-0.15, -0.1) is 0 Å². The van der Waals surface area contributed by atoms with Crippen LogP contribution in [-0.4, -0.2) is 28.8 Å². The molecule has 1 heterocycles. The van der Waals surface area contributed by atoms with Gasteiger partial charge >= 0.3 is 0 Å². The van der Waals surface area contributed by atoms with E-state index in [0.717, 1.165) is 4.47 Å². The molecule has 0 spiro atoms. The Bertz CT molecular complexity index is 336. The van der Waals surface area contributed by atoms with Gasteiger partial charge in [-0.1, -0.05) is 0 Å². The van der Waals surface area contributed by atoms with Gasteiger partial charge in [0.1, 0.15) is 5.69 Å².